The van der Waals surface area contributed by atoms with Gasteiger partial charge in [0.2, 0.25) is 0 Å². The van der Waals surface area contributed by atoms with Crippen LogP contribution < -0.4 is 10.6 Å². The number of rotatable bonds is 7. The van der Waals surface area contributed by atoms with Gasteiger partial charge in [-0.1, -0.05) is 12.8 Å². The minimum Gasteiger partial charge on any atom is -0.312 e. The minimum atomic E-state index is 0.272. The largest absolute Gasteiger partial charge is 0.312 e. The molecule has 0 rings (SSSR count). The van der Waals surface area contributed by atoms with Crippen LogP contribution in [0.4, 0.5) is 0 Å². The Morgan fingerprint density at radius 1 is 0.562 bits per heavy atom. The van der Waals surface area contributed by atoms with Crippen LogP contribution in [-0.4, -0.2) is 24.2 Å². The molecule has 0 fully saturated rings. The summed E-state index contributed by atoms with van der Waals surface area (Å²) in [5, 5.41) is 7.04. The third-order valence-corrected chi connectivity index (χ3v) is 2.41. The quantitative estimate of drug-likeness (QED) is 0.653. The second-order valence-corrected chi connectivity index (χ2v) is 6.77. The van der Waals surface area contributed by atoms with E-state index in [0.29, 0.717) is 0 Å². The highest BCUT2D eigenvalue weighted by molar-refractivity contribution is 4.70. The Morgan fingerprint density at radius 2 is 0.875 bits per heavy atom. The topological polar surface area (TPSA) is 24.1 Å². The van der Waals surface area contributed by atoms with Crippen molar-refractivity contribution in [2.45, 2.75) is 78.3 Å². The summed E-state index contributed by atoms with van der Waals surface area (Å²) in [6, 6.07) is 0. The third-order valence-electron chi connectivity index (χ3n) is 2.41. The molecule has 98 valence electrons. The Balaban J connectivity index is 3.17. The Bertz CT molecular complexity index is 143. The van der Waals surface area contributed by atoms with E-state index in [4.69, 9.17) is 0 Å². The predicted octanol–water partition coefficient (Wildman–Crippen LogP) is 3.32. The van der Waals surface area contributed by atoms with Crippen LogP contribution in [0.5, 0.6) is 0 Å². The van der Waals surface area contributed by atoms with Gasteiger partial charge in [-0.2, -0.15) is 0 Å². The summed E-state index contributed by atoms with van der Waals surface area (Å²) < 4.78 is 0. The lowest BCUT2D eigenvalue weighted by atomic mass is 10.1. The van der Waals surface area contributed by atoms with Crippen LogP contribution in [0, 0.1) is 0 Å². The van der Waals surface area contributed by atoms with Crippen LogP contribution in [0.3, 0.4) is 0 Å². The summed E-state index contributed by atoms with van der Waals surface area (Å²) in [6.07, 6.45) is 5.28. The lowest BCUT2D eigenvalue weighted by Gasteiger charge is -2.21. The van der Waals surface area contributed by atoms with Gasteiger partial charge in [0, 0.05) is 11.1 Å². The van der Waals surface area contributed by atoms with Crippen molar-refractivity contribution in [3.63, 3.8) is 0 Å². The van der Waals surface area contributed by atoms with Crippen LogP contribution >= 0.6 is 0 Å². The van der Waals surface area contributed by atoms with Crippen molar-refractivity contribution in [2.75, 3.05) is 13.1 Å². The average molecular weight is 228 g/mol. The minimum absolute atomic E-state index is 0.272. The normalized spacial score (nSPS) is 13.1. The van der Waals surface area contributed by atoms with E-state index in [0.717, 1.165) is 13.1 Å². The van der Waals surface area contributed by atoms with Crippen LogP contribution in [0.15, 0.2) is 0 Å². The van der Waals surface area contributed by atoms with Gasteiger partial charge in [-0.05, 0) is 67.5 Å². The zero-order valence-electron chi connectivity index (χ0n) is 12.2. The summed E-state index contributed by atoms with van der Waals surface area (Å²) in [7, 11) is 0. The van der Waals surface area contributed by atoms with Crippen LogP contribution in [0.2, 0.25) is 0 Å². The van der Waals surface area contributed by atoms with Crippen LogP contribution in [0.25, 0.3) is 0 Å². The van der Waals surface area contributed by atoms with E-state index in [-0.39, 0.29) is 11.1 Å². The summed E-state index contributed by atoms with van der Waals surface area (Å²) in [6.45, 7) is 15.6. The first kappa shape index (κ1) is 15.9. The smallest absolute Gasteiger partial charge is 0.00965 e. The molecular weight excluding hydrogens is 196 g/mol. The van der Waals surface area contributed by atoms with E-state index < -0.39 is 0 Å². The molecule has 0 atom stereocenters. The van der Waals surface area contributed by atoms with Gasteiger partial charge in [-0.15, -0.1) is 0 Å². The zero-order chi connectivity index (χ0) is 12.7. The fraction of sp³-hybridized carbons (Fsp3) is 1.00. The first-order valence-electron chi connectivity index (χ1n) is 6.71. The first-order valence-corrected chi connectivity index (χ1v) is 6.71. The van der Waals surface area contributed by atoms with E-state index in [9.17, 15) is 0 Å². The Labute approximate surface area is 103 Å². The lowest BCUT2D eigenvalue weighted by molar-refractivity contribution is 0.403. The maximum absolute atomic E-state index is 3.52. The Kier molecular flexibility index (Phi) is 7.25. The molecule has 2 nitrogen and oxygen atoms in total. The van der Waals surface area contributed by atoms with Gasteiger partial charge < -0.3 is 10.6 Å². The molecule has 0 unspecified atom stereocenters. The van der Waals surface area contributed by atoms with E-state index >= 15 is 0 Å². The monoisotopic (exact) mass is 228 g/mol. The van der Waals surface area contributed by atoms with Crippen molar-refractivity contribution in [1.82, 2.24) is 10.6 Å². The third kappa shape index (κ3) is 13.9. The van der Waals surface area contributed by atoms with E-state index in [1.54, 1.807) is 0 Å². The Morgan fingerprint density at radius 3 is 1.12 bits per heavy atom. The van der Waals surface area contributed by atoms with Crippen LogP contribution in [-0.2, 0) is 0 Å². The van der Waals surface area contributed by atoms with Crippen molar-refractivity contribution in [2.24, 2.45) is 0 Å². The number of nitrogens with one attached hydrogen (secondary N) is 2. The Hall–Kier alpha value is -0.0800. The first-order chi connectivity index (χ1) is 7.21. The molecule has 0 bridgehead atoms. The summed E-state index contributed by atoms with van der Waals surface area (Å²) in [4.78, 5) is 0. The molecule has 0 aliphatic carbocycles. The van der Waals surface area contributed by atoms with Crippen molar-refractivity contribution >= 4 is 0 Å². The molecule has 0 saturated carbocycles. The second-order valence-electron chi connectivity index (χ2n) is 6.77. The maximum atomic E-state index is 3.52. The predicted molar refractivity (Wildman–Crippen MR) is 74.0 cm³/mol. The zero-order valence-corrected chi connectivity index (χ0v) is 12.2. The number of hydrogen-bond acceptors (Lipinski definition) is 2. The van der Waals surface area contributed by atoms with Gasteiger partial charge in [0.25, 0.3) is 0 Å². The summed E-state index contributed by atoms with van der Waals surface area (Å²) in [5.41, 5.74) is 0.543. The molecule has 2 N–H and O–H groups in total. The molecule has 0 radical (unpaired) electrons. The maximum Gasteiger partial charge on any atom is 0.00965 e. The molecule has 0 amide bonds. The molecule has 2 heteroatoms. The highest BCUT2D eigenvalue weighted by Crippen LogP contribution is 2.03. The van der Waals surface area contributed by atoms with Crippen molar-refractivity contribution in [3.05, 3.63) is 0 Å². The van der Waals surface area contributed by atoms with Crippen LogP contribution in [0.1, 0.15) is 67.2 Å². The fourth-order valence-electron chi connectivity index (χ4n) is 1.53. The number of unbranched alkanes of at least 4 members (excludes halogenated alkanes) is 3. The molecule has 0 aliphatic heterocycles. The van der Waals surface area contributed by atoms with E-state index in [2.05, 4.69) is 52.2 Å². The molecule has 16 heavy (non-hydrogen) atoms. The second kappa shape index (κ2) is 7.29. The molecular formula is C14H32N2. The van der Waals surface area contributed by atoms with Gasteiger partial charge in [-0.3, -0.25) is 0 Å². The molecule has 0 aromatic carbocycles. The SMILES string of the molecule is CC(C)(C)NCCCCCCNC(C)(C)C. The summed E-state index contributed by atoms with van der Waals surface area (Å²) in [5.74, 6) is 0. The van der Waals surface area contributed by atoms with Gasteiger partial charge in [-0.25, -0.2) is 0 Å². The molecule has 0 aliphatic rings. The average Bonchev–Trinajstić information content (AvgIpc) is 2.06. The van der Waals surface area contributed by atoms with Gasteiger partial charge in [0.05, 0.1) is 0 Å². The van der Waals surface area contributed by atoms with Gasteiger partial charge >= 0.3 is 0 Å². The highest BCUT2D eigenvalue weighted by Gasteiger charge is 2.08. The summed E-state index contributed by atoms with van der Waals surface area (Å²) >= 11 is 0. The molecule has 0 aromatic heterocycles. The van der Waals surface area contributed by atoms with Gasteiger partial charge in [0.1, 0.15) is 0 Å². The highest BCUT2D eigenvalue weighted by atomic mass is 14.9. The fourth-order valence-corrected chi connectivity index (χ4v) is 1.53. The molecule has 0 heterocycles. The molecule has 0 aromatic rings. The molecule has 0 saturated heterocycles. The van der Waals surface area contributed by atoms with Crippen molar-refractivity contribution < 1.29 is 0 Å². The van der Waals surface area contributed by atoms with Gasteiger partial charge in [0.15, 0.2) is 0 Å². The number of hydrogen-bond donors (Lipinski definition) is 2. The van der Waals surface area contributed by atoms with Crippen molar-refractivity contribution in [3.8, 4) is 0 Å². The molecule has 0 spiro atoms. The van der Waals surface area contributed by atoms with E-state index in [1.807, 2.05) is 0 Å². The standard InChI is InChI=1S/C14H32N2/c1-13(2,3)15-11-9-7-8-10-12-16-14(4,5)6/h15-16H,7-12H2,1-6H3. The van der Waals surface area contributed by atoms with E-state index in [1.165, 1.54) is 25.7 Å². The van der Waals surface area contributed by atoms with Crippen molar-refractivity contribution in [1.29, 1.82) is 0 Å². The lowest BCUT2D eigenvalue weighted by Crippen LogP contribution is -2.36.